The first-order valence-corrected chi connectivity index (χ1v) is 6.08. The standard InChI is InChI=1S/C16H17NO/c1-3-17-12-13-4-6-14(7-5-13)15-8-10-16(18-2)11-9-15/h4-12H,3H2,1-2H3. The minimum Gasteiger partial charge on any atom is -0.497 e. The number of aliphatic imine (C=N–C) groups is 1. The summed E-state index contributed by atoms with van der Waals surface area (Å²) >= 11 is 0. The number of hydrogen-bond acceptors (Lipinski definition) is 2. The molecule has 0 spiro atoms. The smallest absolute Gasteiger partial charge is 0.118 e. The van der Waals surface area contributed by atoms with E-state index in [0.717, 1.165) is 17.9 Å². The SMILES string of the molecule is CCN=Cc1ccc(-c2ccc(OC)cc2)cc1. The summed E-state index contributed by atoms with van der Waals surface area (Å²) in [6.45, 7) is 2.85. The Kier molecular flexibility index (Phi) is 4.13. The molecule has 0 aromatic heterocycles. The van der Waals surface area contributed by atoms with Crippen LogP contribution in [0.3, 0.4) is 0 Å². The van der Waals surface area contributed by atoms with Crippen molar-refractivity contribution in [3.05, 3.63) is 54.1 Å². The summed E-state index contributed by atoms with van der Waals surface area (Å²) in [6.07, 6.45) is 1.90. The second-order valence-electron chi connectivity index (χ2n) is 3.98. The Morgan fingerprint density at radius 3 is 2.00 bits per heavy atom. The highest BCUT2D eigenvalue weighted by Gasteiger charge is 1.98. The molecule has 0 aliphatic rings. The largest absolute Gasteiger partial charge is 0.497 e. The van der Waals surface area contributed by atoms with Crippen molar-refractivity contribution in [1.29, 1.82) is 0 Å². The van der Waals surface area contributed by atoms with Gasteiger partial charge in [0, 0.05) is 12.8 Å². The zero-order chi connectivity index (χ0) is 12.8. The van der Waals surface area contributed by atoms with Gasteiger partial charge in [0.05, 0.1) is 7.11 Å². The van der Waals surface area contributed by atoms with Gasteiger partial charge in [-0.3, -0.25) is 4.99 Å². The average Bonchev–Trinajstić information content (AvgIpc) is 2.46. The van der Waals surface area contributed by atoms with E-state index < -0.39 is 0 Å². The Labute approximate surface area is 108 Å². The number of benzene rings is 2. The molecule has 2 aromatic rings. The third kappa shape index (κ3) is 2.98. The van der Waals surface area contributed by atoms with Crippen molar-refractivity contribution in [2.75, 3.05) is 13.7 Å². The lowest BCUT2D eigenvalue weighted by atomic mass is 10.0. The highest BCUT2D eigenvalue weighted by molar-refractivity contribution is 5.81. The van der Waals surface area contributed by atoms with E-state index in [1.165, 1.54) is 11.1 Å². The Morgan fingerprint density at radius 2 is 1.50 bits per heavy atom. The lowest BCUT2D eigenvalue weighted by Crippen LogP contribution is -1.84. The molecule has 2 aromatic carbocycles. The maximum atomic E-state index is 5.15. The van der Waals surface area contributed by atoms with Crippen LogP contribution in [0.2, 0.25) is 0 Å². The average molecular weight is 239 g/mol. The minimum absolute atomic E-state index is 0.820. The van der Waals surface area contributed by atoms with E-state index in [1.807, 2.05) is 25.3 Å². The second kappa shape index (κ2) is 6.01. The van der Waals surface area contributed by atoms with Crippen LogP contribution < -0.4 is 4.74 Å². The van der Waals surface area contributed by atoms with Crippen molar-refractivity contribution in [3.8, 4) is 16.9 Å². The predicted molar refractivity (Wildman–Crippen MR) is 76.6 cm³/mol. The van der Waals surface area contributed by atoms with E-state index in [0.29, 0.717) is 0 Å². The molecule has 2 heteroatoms. The van der Waals surface area contributed by atoms with Gasteiger partial charge < -0.3 is 4.74 Å². The van der Waals surface area contributed by atoms with Gasteiger partial charge in [-0.25, -0.2) is 0 Å². The molecule has 0 fully saturated rings. The molecule has 0 bridgehead atoms. The zero-order valence-electron chi connectivity index (χ0n) is 10.8. The molecular formula is C16H17NO. The molecule has 2 nitrogen and oxygen atoms in total. The van der Waals surface area contributed by atoms with E-state index in [4.69, 9.17) is 4.74 Å². The van der Waals surface area contributed by atoms with Gasteiger partial charge in [-0.2, -0.15) is 0 Å². The molecule has 2 rings (SSSR count). The van der Waals surface area contributed by atoms with E-state index >= 15 is 0 Å². The Hall–Kier alpha value is -2.09. The van der Waals surface area contributed by atoms with Gasteiger partial charge in [0.1, 0.15) is 5.75 Å². The molecule has 0 radical (unpaired) electrons. The first-order valence-electron chi connectivity index (χ1n) is 6.08. The molecule has 0 atom stereocenters. The third-order valence-electron chi connectivity index (χ3n) is 2.76. The highest BCUT2D eigenvalue weighted by atomic mass is 16.5. The van der Waals surface area contributed by atoms with Gasteiger partial charge in [-0.1, -0.05) is 36.4 Å². The summed E-state index contributed by atoms with van der Waals surface area (Å²) in [5, 5.41) is 0. The van der Waals surface area contributed by atoms with Crippen molar-refractivity contribution in [3.63, 3.8) is 0 Å². The summed E-state index contributed by atoms with van der Waals surface area (Å²) in [5.41, 5.74) is 3.52. The van der Waals surface area contributed by atoms with Crippen LogP contribution in [0.5, 0.6) is 5.75 Å². The molecule has 0 saturated carbocycles. The highest BCUT2D eigenvalue weighted by Crippen LogP contribution is 2.22. The first kappa shape index (κ1) is 12.4. The molecule has 0 aliphatic carbocycles. The molecule has 0 N–H and O–H groups in total. The number of nitrogens with zero attached hydrogens (tertiary/aromatic N) is 1. The fourth-order valence-electron chi connectivity index (χ4n) is 1.74. The maximum absolute atomic E-state index is 5.15. The number of methoxy groups -OCH3 is 1. The number of ether oxygens (including phenoxy) is 1. The summed E-state index contributed by atoms with van der Waals surface area (Å²) in [7, 11) is 1.68. The normalized spacial score (nSPS) is 10.8. The lowest BCUT2D eigenvalue weighted by molar-refractivity contribution is 0.415. The van der Waals surface area contributed by atoms with Crippen LogP contribution in [0.1, 0.15) is 12.5 Å². The van der Waals surface area contributed by atoms with E-state index in [-0.39, 0.29) is 0 Å². The topological polar surface area (TPSA) is 21.6 Å². The number of hydrogen-bond donors (Lipinski definition) is 0. The summed E-state index contributed by atoms with van der Waals surface area (Å²) in [4.78, 5) is 4.23. The molecule has 0 aliphatic heterocycles. The molecule has 18 heavy (non-hydrogen) atoms. The van der Waals surface area contributed by atoms with E-state index in [9.17, 15) is 0 Å². The van der Waals surface area contributed by atoms with Gasteiger partial charge >= 0.3 is 0 Å². The van der Waals surface area contributed by atoms with Crippen LogP contribution in [0.4, 0.5) is 0 Å². The minimum atomic E-state index is 0.820. The van der Waals surface area contributed by atoms with Gasteiger partial charge in [-0.15, -0.1) is 0 Å². The van der Waals surface area contributed by atoms with Crippen molar-refractivity contribution >= 4 is 6.21 Å². The quantitative estimate of drug-likeness (QED) is 0.744. The molecule has 0 amide bonds. The van der Waals surface area contributed by atoms with Crippen LogP contribution in [-0.2, 0) is 0 Å². The van der Waals surface area contributed by atoms with Crippen molar-refractivity contribution < 1.29 is 4.74 Å². The Bertz CT molecular complexity index is 512. The molecule has 0 saturated heterocycles. The van der Waals surface area contributed by atoms with Crippen molar-refractivity contribution in [1.82, 2.24) is 0 Å². The van der Waals surface area contributed by atoms with E-state index in [1.54, 1.807) is 7.11 Å². The summed E-state index contributed by atoms with van der Waals surface area (Å²) in [6, 6.07) is 16.5. The molecule has 0 unspecified atom stereocenters. The molecule has 0 heterocycles. The van der Waals surface area contributed by atoms with Crippen molar-refractivity contribution in [2.45, 2.75) is 6.92 Å². The zero-order valence-corrected chi connectivity index (χ0v) is 10.8. The summed E-state index contributed by atoms with van der Waals surface area (Å²) < 4.78 is 5.15. The van der Waals surface area contributed by atoms with Gasteiger partial charge in [-0.05, 0) is 35.7 Å². The van der Waals surface area contributed by atoms with Gasteiger partial charge in [0.15, 0.2) is 0 Å². The number of rotatable bonds is 4. The van der Waals surface area contributed by atoms with Crippen LogP contribution in [-0.4, -0.2) is 19.9 Å². The van der Waals surface area contributed by atoms with Crippen molar-refractivity contribution in [2.24, 2.45) is 4.99 Å². The van der Waals surface area contributed by atoms with E-state index in [2.05, 4.69) is 41.4 Å². The fraction of sp³-hybridized carbons (Fsp3) is 0.188. The van der Waals surface area contributed by atoms with Crippen LogP contribution >= 0.6 is 0 Å². The van der Waals surface area contributed by atoms with Crippen LogP contribution in [0, 0.1) is 0 Å². The van der Waals surface area contributed by atoms with Gasteiger partial charge in [0.2, 0.25) is 0 Å². The maximum Gasteiger partial charge on any atom is 0.118 e. The van der Waals surface area contributed by atoms with Gasteiger partial charge in [0.25, 0.3) is 0 Å². The van der Waals surface area contributed by atoms with Crippen LogP contribution in [0.15, 0.2) is 53.5 Å². The van der Waals surface area contributed by atoms with Crippen LogP contribution in [0.25, 0.3) is 11.1 Å². The molecular weight excluding hydrogens is 222 g/mol. The Balaban J connectivity index is 2.20. The third-order valence-corrected chi connectivity index (χ3v) is 2.76. The monoisotopic (exact) mass is 239 g/mol. The fourth-order valence-corrected chi connectivity index (χ4v) is 1.74. The summed E-state index contributed by atoms with van der Waals surface area (Å²) in [5.74, 6) is 0.880. The Morgan fingerprint density at radius 1 is 0.944 bits per heavy atom. The lowest BCUT2D eigenvalue weighted by Gasteiger charge is -2.04. The molecule has 92 valence electrons. The second-order valence-corrected chi connectivity index (χ2v) is 3.98. The first-order chi connectivity index (χ1) is 8.83. The predicted octanol–water partition coefficient (Wildman–Crippen LogP) is 3.80.